The molecule has 0 atom stereocenters. The molecule has 2 aromatic rings. The number of rotatable bonds is 2. The van der Waals surface area contributed by atoms with Gasteiger partial charge >= 0.3 is 6.18 Å². The van der Waals surface area contributed by atoms with Gasteiger partial charge in [-0.25, -0.2) is 9.61 Å². The summed E-state index contributed by atoms with van der Waals surface area (Å²) in [6.07, 6.45) is -3.87. The second-order valence-corrected chi connectivity index (χ2v) is 5.62. The van der Waals surface area contributed by atoms with Crippen molar-refractivity contribution in [3.63, 3.8) is 0 Å². The number of aromatic nitrogens is 3. The Morgan fingerprint density at radius 2 is 1.95 bits per heavy atom. The Morgan fingerprint density at radius 1 is 1.27 bits per heavy atom. The van der Waals surface area contributed by atoms with Crippen LogP contribution in [0.1, 0.15) is 24.1 Å². The van der Waals surface area contributed by atoms with Gasteiger partial charge in [-0.2, -0.15) is 13.2 Å². The third-order valence-corrected chi connectivity index (χ3v) is 4.19. The van der Waals surface area contributed by atoms with Crippen molar-refractivity contribution in [2.45, 2.75) is 32.5 Å². The molecular formula is C13H16F3N5O. The molecule has 1 aliphatic heterocycles. The number of nitrogens with two attached hydrogens (primary N) is 1. The Hall–Kier alpha value is -1.90. The fourth-order valence-electron chi connectivity index (χ4n) is 2.83. The number of halogens is 3. The van der Waals surface area contributed by atoms with Crippen LogP contribution in [0.15, 0.2) is 4.63 Å². The van der Waals surface area contributed by atoms with Crippen molar-refractivity contribution >= 4 is 16.9 Å². The average molecular weight is 315 g/mol. The summed E-state index contributed by atoms with van der Waals surface area (Å²) >= 11 is 0. The number of hydrogen-bond donors (Lipinski definition) is 1. The van der Waals surface area contributed by atoms with Gasteiger partial charge in [-0.15, -0.1) is 0 Å². The Labute approximate surface area is 124 Å². The number of nitrogen functional groups attached to an aromatic ring is 1. The van der Waals surface area contributed by atoms with Gasteiger partial charge in [0.05, 0.1) is 11.6 Å². The highest BCUT2D eigenvalue weighted by atomic mass is 19.4. The van der Waals surface area contributed by atoms with Gasteiger partial charge in [0.15, 0.2) is 5.52 Å². The molecule has 1 aliphatic rings. The largest absolute Gasteiger partial charge is 0.396 e. The van der Waals surface area contributed by atoms with Crippen molar-refractivity contribution in [2.24, 2.45) is 5.92 Å². The summed E-state index contributed by atoms with van der Waals surface area (Å²) in [4.78, 5) is 6.22. The number of anilines is 1. The molecule has 2 aromatic heterocycles. The van der Waals surface area contributed by atoms with Crippen LogP contribution >= 0.6 is 0 Å². The number of piperidine rings is 1. The molecule has 0 aliphatic carbocycles. The molecule has 0 spiro atoms. The van der Waals surface area contributed by atoms with Crippen LogP contribution in [-0.4, -0.2) is 39.5 Å². The topological polar surface area (TPSA) is 81.1 Å². The number of fused-ring (bicyclic) bond motifs is 1. The van der Waals surface area contributed by atoms with E-state index in [1.54, 1.807) is 6.92 Å². The van der Waals surface area contributed by atoms with Gasteiger partial charge in [0.25, 0.3) is 0 Å². The molecule has 6 nitrogen and oxygen atoms in total. The van der Waals surface area contributed by atoms with Crippen molar-refractivity contribution in [3.05, 3.63) is 11.3 Å². The second kappa shape index (κ2) is 5.38. The quantitative estimate of drug-likeness (QED) is 0.915. The van der Waals surface area contributed by atoms with Crippen LogP contribution in [0.25, 0.3) is 11.2 Å². The summed E-state index contributed by atoms with van der Waals surface area (Å²) in [7, 11) is 0. The third kappa shape index (κ3) is 2.72. The smallest absolute Gasteiger partial charge is 0.391 e. The minimum absolute atomic E-state index is 0.115. The summed E-state index contributed by atoms with van der Waals surface area (Å²) in [6, 6.07) is 0. The van der Waals surface area contributed by atoms with E-state index in [0.717, 1.165) is 5.56 Å². The minimum atomic E-state index is -4.10. The highest BCUT2D eigenvalue weighted by Gasteiger charge is 2.41. The molecule has 0 amide bonds. The Balaban J connectivity index is 1.75. The van der Waals surface area contributed by atoms with Gasteiger partial charge < -0.3 is 5.73 Å². The SMILES string of the molecule is Cc1nc2nonc2c(N)c1CN1CCC(C(F)(F)F)CC1. The molecule has 22 heavy (non-hydrogen) atoms. The molecule has 3 rings (SSSR count). The Morgan fingerprint density at radius 3 is 2.59 bits per heavy atom. The van der Waals surface area contributed by atoms with E-state index in [4.69, 9.17) is 5.73 Å². The molecule has 120 valence electrons. The number of aryl methyl sites for hydroxylation is 1. The second-order valence-electron chi connectivity index (χ2n) is 5.62. The third-order valence-electron chi connectivity index (χ3n) is 4.19. The first-order chi connectivity index (χ1) is 10.4. The van der Waals surface area contributed by atoms with Crippen molar-refractivity contribution in [1.82, 2.24) is 20.2 Å². The predicted molar refractivity (Wildman–Crippen MR) is 72.8 cm³/mol. The summed E-state index contributed by atoms with van der Waals surface area (Å²) < 4.78 is 42.7. The Bertz CT molecular complexity index is 676. The van der Waals surface area contributed by atoms with Crippen LogP contribution in [0.3, 0.4) is 0 Å². The highest BCUT2D eigenvalue weighted by molar-refractivity contribution is 5.85. The van der Waals surface area contributed by atoms with E-state index in [1.165, 1.54) is 0 Å². The molecule has 2 N–H and O–H groups in total. The van der Waals surface area contributed by atoms with E-state index in [2.05, 4.69) is 19.9 Å². The maximum absolute atomic E-state index is 12.7. The molecule has 0 unspecified atom stereocenters. The average Bonchev–Trinajstić information content (AvgIpc) is 2.91. The van der Waals surface area contributed by atoms with Crippen molar-refractivity contribution < 1.29 is 17.8 Å². The van der Waals surface area contributed by atoms with Crippen LogP contribution < -0.4 is 5.73 Å². The molecular weight excluding hydrogens is 299 g/mol. The van der Waals surface area contributed by atoms with Gasteiger partial charge in [0, 0.05) is 17.8 Å². The first-order valence-electron chi connectivity index (χ1n) is 7.02. The normalized spacial score (nSPS) is 18.2. The van der Waals surface area contributed by atoms with Crippen LogP contribution in [0.5, 0.6) is 0 Å². The Kier molecular flexibility index (Phi) is 3.67. The first-order valence-corrected chi connectivity index (χ1v) is 7.02. The summed E-state index contributed by atoms with van der Waals surface area (Å²) in [5, 5.41) is 7.37. The van der Waals surface area contributed by atoms with E-state index in [0.29, 0.717) is 42.2 Å². The van der Waals surface area contributed by atoms with E-state index < -0.39 is 12.1 Å². The summed E-state index contributed by atoms with van der Waals surface area (Å²) in [5.74, 6) is -1.21. The first kappa shape index (κ1) is 15.0. The molecule has 1 saturated heterocycles. The lowest BCUT2D eigenvalue weighted by molar-refractivity contribution is -0.185. The van der Waals surface area contributed by atoms with E-state index in [-0.39, 0.29) is 12.8 Å². The van der Waals surface area contributed by atoms with Crippen LogP contribution in [0.4, 0.5) is 18.9 Å². The maximum atomic E-state index is 12.7. The van der Waals surface area contributed by atoms with Crippen LogP contribution in [-0.2, 0) is 6.54 Å². The molecule has 0 radical (unpaired) electrons. The zero-order valence-corrected chi connectivity index (χ0v) is 12.0. The van der Waals surface area contributed by atoms with E-state index in [9.17, 15) is 13.2 Å². The van der Waals surface area contributed by atoms with E-state index in [1.807, 2.05) is 4.90 Å². The molecule has 1 fully saturated rings. The highest BCUT2D eigenvalue weighted by Crippen LogP contribution is 2.35. The van der Waals surface area contributed by atoms with Gasteiger partial charge in [-0.05, 0) is 43.2 Å². The fraction of sp³-hybridized carbons (Fsp3) is 0.615. The van der Waals surface area contributed by atoms with Crippen LogP contribution in [0.2, 0.25) is 0 Å². The van der Waals surface area contributed by atoms with Gasteiger partial charge in [0.2, 0.25) is 5.65 Å². The molecule has 0 aromatic carbocycles. The lowest BCUT2D eigenvalue weighted by Crippen LogP contribution is -2.38. The monoisotopic (exact) mass is 315 g/mol. The number of likely N-dealkylation sites (tertiary alicyclic amines) is 1. The van der Waals surface area contributed by atoms with Crippen molar-refractivity contribution in [3.8, 4) is 0 Å². The van der Waals surface area contributed by atoms with E-state index >= 15 is 0 Å². The number of pyridine rings is 1. The zero-order valence-electron chi connectivity index (χ0n) is 12.0. The zero-order chi connectivity index (χ0) is 15.9. The van der Waals surface area contributed by atoms with Gasteiger partial charge in [0.1, 0.15) is 0 Å². The van der Waals surface area contributed by atoms with Gasteiger partial charge in [-0.3, -0.25) is 4.90 Å². The number of alkyl halides is 3. The van der Waals surface area contributed by atoms with Crippen LogP contribution in [0, 0.1) is 12.8 Å². The van der Waals surface area contributed by atoms with Gasteiger partial charge in [-0.1, -0.05) is 0 Å². The lowest BCUT2D eigenvalue weighted by Gasteiger charge is -2.33. The van der Waals surface area contributed by atoms with Crippen molar-refractivity contribution in [1.29, 1.82) is 0 Å². The molecule has 9 heteroatoms. The predicted octanol–water partition coefficient (Wildman–Crippen LogP) is 2.28. The molecule has 3 heterocycles. The lowest BCUT2D eigenvalue weighted by atomic mass is 9.96. The molecule has 0 bridgehead atoms. The maximum Gasteiger partial charge on any atom is 0.391 e. The molecule has 0 saturated carbocycles. The number of hydrogen-bond acceptors (Lipinski definition) is 6. The van der Waals surface area contributed by atoms with Crippen molar-refractivity contribution in [2.75, 3.05) is 18.8 Å². The number of nitrogens with zero attached hydrogens (tertiary/aromatic N) is 4. The summed E-state index contributed by atoms with van der Waals surface area (Å²) in [6.45, 7) is 3.02. The summed E-state index contributed by atoms with van der Waals surface area (Å²) in [5.41, 5.74) is 8.70. The minimum Gasteiger partial charge on any atom is -0.396 e. The standard InChI is InChI=1S/C13H16F3N5O/c1-7-9(10(17)11-12(18-7)20-22-19-11)6-21-4-2-8(3-5-21)13(14,15)16/h8H,2-6,17H2,1H3. The fourth-order valence-corrected chi connectivity index (χ4v) is 2.83.